The van der Waals surface area contributed by atoms with Crippen molar-refractivity contribution in [1.82, 2.24) is 24.1 Å². The van der Waals surface area contributed by atoms with E-state index in [0.29, 0.717) is 23.4 Å². The Balaban J connectivity index is 1.42. The Morgan fingerprint density at radius 1 is 1.17 bits per heavy atom. The second-order valence-corrected chi connectivity index (χ2v) is 7.46. The standard InChI is InChI=1S/C17H17N5OS/c23-15-9-12(18-14-3-1-2-8-21(14)15)10-24-17-20-19-16(11-4-5-11)22(17)13-6-7-13/h1-3,8-9,11,13H,4-7,10H2. The summed E-state index contributed by atoms with van der Waals surface area (Å²) in [6, 6.07) is 7.77. The highest BCUT2D eigenvalue weighted by atomic mass is 32.2. The lowest BCUT2D eigenvalue weighted by molar-refractivity contribution is 0.627. The van der Waals surface area contributed by atoms with Gasteiger partial charge in [-0.15, -0.1) is 10.2 Å². The molecule has 0 bridgehead atoms. The minimum atomic E-state index is -0.0430. The summed E-state index contributed by atoms with van der Waals surface area (Å²) in [6.45, 7) is 0. The highest BCUT2D eigenvalue weighted by Gasteiger charge is 2.36. The lowest BCUT2D eigenvalue weighted by Gasteiger charge is -2.08. The molecule has 24 heavy (non-hydrogen) atoms. The number of pyridine rings is 1. The Morgan fingerprint density at radius 2 is 2.04 bits per heavy atom. The van der Waals surface area contributed by atoms with Gasteiger partial charge in [0.1, 0.15) is 11.5 Å². The summed E-state index contributed by atoms with van der Waals surface area (Å²) in [4.78, 5) is 16.8. The van der Waals surface area contributed by atoms with Crippen molar-refractivity contribution in [3.8, 4) is 0 Å². The fraction of sp³-hybridized carbons (Fsp3) is 0.412. The number of hydrogen-bond donors (Lipinski definition) is 0. The molecule has 2 aliphatic rings. The molecule has 0 spiro atoms. The average Bonchev–Trinajstić information content (AvgIpc) is 3.52. The Morgan fingerprint density at radius 3 is 2.83 bits per heavy atom. The van der Waals surface area contributed by atoms with Gasteiger partial charge in [0.05, 0.1) is 5.69 Å². The Bertz CT molecular complexity index is 971. The quantitative estimate of drug-likeness (QED) is 0.669. The molecule has 3 aromatic rings. The molecular formula is C17H17N5OS. The summed E-state index contributed by atoms with van der Waals surface area (Å²) < 4.78 is 3.89. The lowest BCUT2D eigenvalue weighted by atomic mass is 10.4. The molecule has 6 nitrogen and oxygen atoms in total. The van der Waals surface area contributed by atoms with E-state index in [-0.39, 0.29) is 5.56 Å². The fourth-order valence-corrected chi connectivity index (χ4v) is 3.90. The molecule has 2 saturated carbocycles. The van der Waals surface area contributed by atoms with E-state index in [1.165, 1.54) is 25.7 Å². The van der Waals surface area contributed by atoms with E-state index in [1.807, 2.05) is 18.2 Å². The van der Waals surface area contributed by atoms with Gasteiger partial charge in [-0.2, -0.15) is 0 Å². The number of thioether (sulfide) groups is 1. The first-order valence-electron chi connectivity index (χ1n) is 8.34. The van der Waals surface area contributed by atoms with Gasteiger partial charge >= 0.3 is 0 Å². The summed E-state index contributed by atoms with van der Waals surface area (Å²) in [7, 11) is 0. The van der Waals surface area contributed by atoms with Gasteiger partial charge in [-0.1, -0.05) is 17.8 Å². The minimum absolute atomic E-state index is 0.0430. The molecule has 3 aromatic heterocycles. The first-order chi connectivity index (χ1) is 11.8. The third-order valence-electron chi connectivity index (χ3n) is 4.52. The van der Waals surface area contributed by atoms with E-state index >= 15 is 0 Å². The zero-order valence-electron chi connectivity index (χ0n) is 13.1. The number of hydrogen-bond acceptors (Lipinski definition) is 5. The van der Waals surface area contributed by atoms with Crippen LogP contribution in [-0.2, 0) is 5.75 Å². The first kappa shape index (κ1) is 14.2. The van der Waals surface area contributed by atoms with Crippen LogP contribution < -0.4 is 5.56 Å². The molecule has 0 amide bonds. The Kier molecular flexibility index (Phi) is 3.22. The zero-order chi connectivity index (χ0) is 16.1. The smallest absolute Gasteiger partial charge is 0.258 e. The molecule has 0 atom stereocenters. The van der Waals surface area contributed by atoms with E-state index in [0.717, 1.165) is 16.7 Å². The van der Waals surface area contributed by atoms with Crippen LogP contribution >= 0.6 is 11.8 Å². The van der Waals surface area contributed by atoms with Crippen molar-refractivity contribution in [2.75, 3.05) is 0 Å². The van der Waals surface area contributed by atoms with Gasteiger partial charge in [0.15, 0.2) is 5.16 Å². The van der Waals surface area contributed by atoms with Crippen molar-refractivity contribution < 1.29 is 0 Å². The van der Waals surface area contributed by atoms with Gasteiger partial charge in [0.25, 0.3) is 5.56 Å². The highest BCUT2D eigenvalue weighted by Crippen LogP contribution is 2.46. The third kappa shape index (κ3) is 2.53. The van der Waals surface area contributed by atoms with E-state index in [9.17, 15) is 4.79 Å². The van der Waals surface area contributed by atoms with E-state index in [2.05, 4.69) is 19.7 Å². The molecule has 0 N–H and O–H groups in total. The molecule has 2 aliphatic carbocycles. The van der Waals surface area contributed by atoms with Crippen molar-refractivity contribution in [2.45, 2.75) is 48.6 Å². The van der Waals surface area contributed by atoms with Gasteiger partial charge in [-0.05, 0) is 37.8 Å². The monoisotopic (exact) mass is 339 g/mol. The number of nitrogens with zero attached hydrogens (tertiary/aromatic N) is 5. The summed E-state index contributed by atoms with van der Waals surface area (Å²) in [5.74, 6) is 2.40. The molecule has 0 aromatic carbocycles. The lowest BCUT2D eigenvalue weighted by Crippen LogP contribution is -2.14. The number of fused-ring (bicyclic) bond motifs is 1. The third-order valence-corrected chi connectivity index (χ3v) is 5.50. The van der Waals surface area contributed by atoms with Crippen molar-refractivity contribution in [1.29, 1.82) is 0 Å². The van der Waals surface area contributed by atoms with Crippen LogP contribution in [0.2, 0.25) is 0 Å². The van der Waals surface area contributed by atoms with Crippen molar-refractivity contribution >= 4 is 17.4 Å². The SMILES string of the molecule is O=c1cc(CSc2nnc(C3CC3)n2C2CC2)nc2ccccn12. The average molecular weight is 339 g/mol. The van der Waals surface area contributed by atoms with Crippen molar-refractivity contribution in [3.05, 3.63) is 52.3 Å². The Labute approximate surface area is 142 Å². The van der Waals surface area contributed by atoms with Crippen LogP contribution in [0.3, 0.4) is 0 Å². The maximum atomic E-state index is 12.2. The molecule has 2 fully saturated rings. The molecule has 5 rings (SSSR count). The summed E-state index contributed by atoms with van der Waals surface area (Å²) in [5.41, 5.74) is 1.43. The summed E-state index contributed by atoms with van der Waals surface area (Å²) in [6.07, 6.45) is 6.66. The van der Waals surface area contributed by atoms with Crippen LogP contribution in [0.1, 0.15) is 49.2 Å². The number of aromatic nitrogens is 5. The van der Waals surface area contributed by atoms with Crippen molar-refractivity contribution in [3.63, 3.8) is 0 Å². The van der Waals surface area contributed by atoms with Crippen LogP contribution in [0.25, 0.3) is 5.65 Å². The maximum Gasteiger partial charge on any atom is 0.258 e. The molecule has 0 aliphatic heterocycles. The number of rotatable bonds is 5. The van der Waals surface area contributed by atoms with Gasteiger partial charge in [0, 0.05) is 30.0 Å². The second-order valence-electron chi connectivity index (χ2n) is 6.52. The van der Waals surface area contributed by atoms with Crippen LogP contribution in [-0.4, -0.2) is 24.1 Å². The van der Waals surface area contributed by atoms with E-state index in [4.69, 9.17) is 0 Å². The van der Waals surface area contributed by atoms with Gasteiger partial charge < -0.3 is 4.57 Å². The highest BCUT2D eigenvalue weighted by molar-refractivity contribution is 7.98. The molecular weight excluding hydrogens is 322 g/mol. The normalized spacial score (nSPS) is 17.5. The van der Waals surface area contributed by atoms with E-state index < -0.39 is 0 Å². The topological polar surface area (TPSA) is 65.1 Å². The predicted molar refractivity (Wildman–Crippen MR) is 91.3 cm³/mol. The van der Waals surface area contributed by atoms with Crippen LogP contribution in [0.4, 0.5) is 0 Å². The molecule has 3 heterocycles. The van der Waals surface area contributed by atoms with Crippen molar-refractivity contribution in [2.24, 2.45) is 0 Å². The van der Waals surface area contributed by atoms with Gasteiger partial charge in [-0.25, -0.2) is 4.98 Å². The zero-order valence-corrected chi connectivity index (χ0v) is 13.9. The summed E-state index contributed by atoms with van der Waals surface area (Å²) in [5, 5.41) is 9.80. The van der Waals surface area contributed by atoms with Crippen LogP contribution in [0.15, 0.2) is 40.4 Å². The first-order valence-corrected chi connectivity index (χ1v) is 9.33. The van der Waals surface area contributed by atoms with Gasteiger partial charge in [-0.3, -0.25) is 9.20 Å². The maximum absolute atomic E-state index is 12.2. The predicted octanol–water partition coefficient (Wildman–Crippen LogP) is 2.79. The summed E-state index contributed by atoms with van der Waals surface area (Å²) >= 11 is 1.63. The van der Waals surface area contributed by atoms with Crippen LogP contribution in [0.5, 0.6) is 0 Å². The molecule has 0 saturated heterocycles. The molecule has 7 heteroatoms. The van der Waals surface area contributed by atoms with Crippen LogP contribution in [0, 0.1) is 0 Å². The fourth-order valence-electron chi connectivity index (χ4n) is 3.00. The second kappa shape index (κ2) is 5.44. The largest absolute Gasteiger partial charge is 0.303 e. The molecule has 0 radical (unpaired) electrons. The Hall–Kier alpha value is -2.15. The molecule has 122 valence electrons. The molecule has 0 unspecified atom stereocenters. The van der Waals surface area contributed by atoms with Gasteiger partial charge in [0.2, 0.25) is 0 Å². The van der Waals surface area contributed by atoms with E-state index in [1.54, 1.807) is 28.4 Å². The minimum Gasteiger partial charge on any atom is -0.303 e.